The normalized spacial score (nSPS) is 13.6. The van der Waals surface area contributed by atoms with Crippen LogP contribution >= 0.6 is 0 Å². The molecule has 0 aliphatic carbocycles. The first kappa shape index (κ1) is 73.0. The molecule has 0 saturated heterocycles. The Kier molecular flexibility index (Phi) is 17.0. The van der Waals surface area contributed by atoms with Gasteiger partial charge in [-0.1, -0.05) is 327 Å². The van der Waals surface area contributed by atoms with Crippen LogP contribution in [0.25, 0.3) is 99.5 Å². The van der Waals surface area contributed by atoms with Gasteiger partial charge in [0.15, 0.2) is 0 Å². The minimum absolute atomic E-state index is 0.132. The topological polar surface area (TPSA) is 16.3 Å². The van der Waals surface area contributed by atoms with Crippen LogP contribution in [0.2, 0.25) is 0 Å². The Balaban J connectivity index is 1.10. The molecule has 17 rings (SSSR count). The van der Waals surface area contributed by atoms with Crippen LogP contribution in [-0.4, -0.2) is 15.8 Å². The minimum atomic E-state index is -0.359. The molecule has 4 heterocycles. The highest BCUT2D eigenvalue weighted by Crippen LogP contribution is 2.57. The Morgan fingerprint density at radius 2 is 0.468 bits per heavy atom. The second-order valence-corrected chi connectivity index (χ2v) is 39.2. The van der Waals surface area contributed by atoms with E-state index in [0.29, 0.717) is 0 Å². The highest BCUT2D eigenvalue weighted by molar-refractivity contribution is 7.00. The highest BCUT2D eigenvalue weighted by atomic mass is 15.2. The number of para-hydroxylation sites is 4. The fraction of sp³-hybridized carbons (Fsp3) is 0.264. The van der Waals surface area contributed by atoms with Gasteiger partial charge in [0.25, 0.3) is 6.71 Å². The second-order valence-electron chi connectivity index (χ2n) is 39.2. The molecule has 0 saturated carbocycles. The Morgan fingerprint density at radius 3 is 0.730 bits per heavy atom. The van der Waals surface area contributed by atoms with E-state index >= 15 is 0 Å². The maximum atomic E-state index is 2.79. The van der Waals surface area contributed by atoms with E-state index < -0.39 is 0 Å². The number of rotatable bonds is 8. The van der Waals surface area contributed by atoms with Crippen molar-refractivity contribution in [1.29, 1.82) is 0 Å². The quantitative estimate of drug-likeness (QED) is 0.141. The van der Waals surface area contributed by atoms with E-state index in [0.717, 1.165) is 34.1 Å². The van der Waals surface area contributed by atoms with E-state index in [1.807, 2.05) is 0 Å². The summed E-state index contributed by atoms with van der Waals surface area (Å²) in [6.07, 6.45) is 0. The molecule has 0 bridgehead atoms. The van der Waals surface area contributed by atoms with Gasteiger partial charge in [0.05, 0.1) is 33.4 Å². The van der Waals surface area contributed by atoms with Crippen molar-refractivity contribution in [3.05, 3.63) is 306 Å². The molecule has 0 N–H and O–H groups in total. The fourth-order valence-corrected chi connectivity index (χ4v) is 17.7. The van der Waals surface area contributed by atoms with Gasteiger partial charge in [0, 0.05) is 77.9 Å². The number of hydrogen-bond donors (Lipinski definition) is 0. The Morgan fingerprint density at radius 1 is 0.216 bits per heavy atom. The van der Waals surface area contributed by atoms with Gasteiger partial charge >= 0.3 is 0 Å². The zero-order valence-electron chi connectivity index (χ0n) is 69.3. The van der Waals surface area contributed by atoms with Crippen molar-refractivity contribution >= 4 is 101 Å². The number of fused-ring (bicyclic) bond motifs is 10. The molecular weight excluding hydrogens is 1340 g/mol. The van der Waals surface area contributed by atoms with Crippen molar-refractivity contribution in [2.75, 3.05) is 9.80 Å². The average Bonchev–Trinajstić information content (AvgIpc) is 1.02. The number of hydrogen-bond acceptors (Lipinski definition) is 2. The van der Waals surface area contributed by atoms with Crippen LogP contribution in [0.4, 0.5) is 34.1 Å². The maximum absolute atomic E-state index is 2.79. The van der Waals surface area contributed by atoms with E-state index in [9.17, 15) is 0 Å². The molecule has 0 radical (unpaired) electrons. The third kappa shape index (κ3) is 12.5. The lowest BCUT2D eigenvalue weighted by Gasteiger charge is -2.47. The SMILES string of the molecule is CC(C)(C)c1cccc(-c2cc(C(C)(C)C)cc(-c3cccc(C(C)(C)C)c3)c2N2c3cc(-n4c5ccccc5c5ccccc54)ccc3B3c4ccc(-n5c6ccccc6c6ccccc65)cc4N(c4c(-c5cccc(C(C)(C)C)c5)cc(C(C)(C)C)cc4-c4cccc(C(C)(C)C)c4)c4cc(C(C)(C)C)cc2c43)c1. The molecule has 0 spiro atoms. The third-order valence-electron chi connectivity index (χ3n) is 24.1. The van der Waals surface area contributed by atoms with Crippen LogP contribution in [0.5, 0.6) is 0 Å². The lowest BCUT2D eigenvalue weighted by atomic mass is 9.33. The highest BCUT2D eigenvalue weighted by Gasteiger charge is 2.47. The Labute approximate surface area is 660 Å². The van der Waals surface area contributed by atoms with Crippen LogP contribution in [0.15, 0.2) is 267 Å². The first-order valence-corrected chi connectivity index (χ1v) is 40.3. The molecule has 5 heteroatoms. The van der Waals surface area contributed by atoms with Gasteiger partial charge in [-0.15, -0.1) is 0 Å². The number of aromatic nitrogens is 2. The maximum Gasteiger partial charge on any atom is 0.252 e. The first-order chi connectivity index (χ1) is 52.5. The molecule has 0 unspecified atom stereocenters. The summed E-state index contributed by atoms with van der Waals surface area (Å²) in [5, 5.41) is 4.93. The van der Waals surface area contributed by atoms with Gasteiger partial charge in [-0.2, -0.15) is 0 Å². The molecule has 554 valence electrons. The summed E-state index contributed by atoms with van der Waals surface area (Å²) in [5.41, 5.74) is 34.7. The van der Waals surface area contributed by atoms with Crippen molar-refractivity contribution in [1.82, 2.24) is 9.13 Å². The van der Waals surface area contributed by atoms with E-state index in [2.05, 4.69) is 431 Å². The predicted octanol–water partition coefficient (Wildman–Crippen LogP) is 27.7. The molecule has 0 amide bonds. The van der Waals surface area contributed by atoms with Crippen LogP contribution in [0.1, 0.15) is 184 Å². The molecule has 0 atom stereocenters. The summed E-state index contributed by atoms with van der Waals surface area (Å²) < 4.78 is 5.06. The molecule has 2 aromatic heterocycles. The molecule has 2 aliphatic heterocycles. The second kappa shape index (κ2) is 25.9. The predicted molar refractivity (Wildman–Crippen MR) is 482 cm³/mol. The number of benzene rings is 13. The van der Waals surface area contributed by atoms with Gasteiger partial charge in [-0.05, 0) is 200 Å². The Bertz CT molecular complexity index is 5640. The minimum Gasteiger partial charge on any atom is -0.310 e. The van der Waals surface area contributed by atoms with Crippen molar-refractivity contribution in [2.45, 2.75) is 183 Å². The van der Waals surface area contributed by atoms with Crippen LogP contribution in [0.3, 0.4) is 0 Å². The van der Waals surface area contributed by atoms with E-state index in [1.165, 1.54) is 155 Å². The summed E-state index contributed by atoms with van der Waals surface area (Å²) in [4.78, 5) is 5.59. The molecule has 15 aromatic rings. The summed E-state index contributed by atoms with van der Waals surface area (Å²) in [5.74, 6) is 0. The van der Waals surface area contributed by atoms with E-state index in [1.54, 1.807) is 0 Å². The molecule has 13 aromatic carbocycles. The summed E-state index contributed by atoms with van der Waals surface area (Å²) in [7, 11) is 0. The van der Waals surface area contributed by atoms with Crippen molar-refractivity contribution in [3.63, 3.8) is 0 Å². The monoisotopic (exact) mass is 1450 g/mol. The van der Waals surface area contributed by atoms with Crippen molar-refractivity contribution in [3.8, 4) is 55.9 Å². The average molecular weight is 1450 g/mol. The van der Waals surface area contributed by atoms with Crippen LogP contribution in [0, 0.1) is 0 Å². The van der Waals surface area contributed by atoms with Crippen molar-refractivity contribution < 1.29 is 0 Å². The van der Waals surface area contributed by atoms with Gasteiger partial charge in [0.2, 0.25) is 0 Å². The summed E-state index contributed by atoms with van der Waals surface area (Å²) in [6, 6.07) is 105. The van der Waals surface area contributed by atoms with E-state index in [-0.39, 0.29) is 44.6 Å². The van der Waals surface area contributed by atoms with Crippen molar-refractivity contribution in [2.24, 2.45) is 0 Å². The van der Waals surface area contributed by atoms with Gasteiger partial charge in [-0.3, -0.25) is 0 Å². The number of anilines is 6. The third-order valence-corrected chi connectivity index (χ3v) is 24.1. The molecule has 0 fully saturated rings. The van der Waals surface area contributed by atoms with Gasteiger partial charge in [0.1, 0.15) is 0 Å². The van der Waals surface area contributed by atoms with Crippen LogP contribution < -0.4 is 26.2 Å². The lowest BCUT2D eigenvalue weighted by Crippen LogP contribution is -2.61. The molecule has 2 aliphatic rings. The van der Waals surface area contributed by atoms with Gasteiger partial charge in [-0.25, -0.2) is 0 Å². The van der Waals surface area contributed by atoms with E-state index in [4.69, 9.17) is 0 Å². The standard InChI is InChI=1S/C106H107BN4/c1-100(2,3)70-38-30-34-66(54-70)83-58-74(104(13,14)15)59-84(67-35-31-39-71(55-67)101(4,5)6)98(83)110-93-64-77(108-89-46-26-22-42-79(89)80-43-23-27-47-90(80)108)50-52-87(93)107-88-53-51-78(109-91-48-28-24-44-81(91)82-45-25-29-49-92(82)109)65-94(88)111(96-63-76(106(19,20)21)62-95(110)97(96)107)99-85(68-36-32-40-72(56-68)102(7,8)9)60-75(105(16,17)18)61-86(99)69-37-33-41-73(57-69)103(10,11)12/h22-65H,1-21H3. The lowest BCUT2D eigenvalue weighted by molar-refractivity contribution is 0.589. The fourth-order valence-electron chi connectivity index (χ4n) is 17.7. The molecular formula is C106H107BN4. The Hall–Kier alpha value is -10.9. The molecule has 111 heavy (non-hydrogen) atoms. The zero-order chi connectivity index (χ0) is 78.1. The van der Waals surface area contributed by atoms with Crippen LogP contribution in [-0.2, 0) is 37.9 Å². The first-order valence-electron chi connectivity index (χ1n) is 40.3. The number of nitrogens with zero attached hydrogens (tertiary/aromatic N) is 4. The molecule has 4 nitrogen and oxygen atoms in total. The summed E-state index contributed by atoms with van der Waals surface area (Å²) >= 11 is 0. The smallest absolute Gasteiger partial charge is 0.252 e. The largest absolute Gasteiger partial charge is 0.310 e. The summed E-state index contributed by atoms with van der Waals surface area (Å²) in [6.45, 7) is 49.6. The zero-order valence-corrected chi connectivity index (χ0v) is 69.3. The van der Waals surface area contributed by atoms with Gasteiger partial charge < -0.3 is 18.9 Å².